The fourth-order valence-corrected chi connectivity index (χ4v) is 1.88. The number of hydrogen-bond acceptors (Lipinski definition) is 3. The highest BCUT2D eigenvalue weighted by atomic mass is 16.5. The Morgan fingerprint density at radius 2 is 1.84 bits per heavy atom. The lowest BCUT2D eigenvalue weighted by molar-refractivity contribution is 0.190. The quantitative estimate of drug-likeness (QED) is 0.776. The second kappa shape index (κ2) is 8.05. The molecule has 0 atom stereocenters. The van der Waals surface area contributed by atoms with Crippen molar-refractivity contribution in [2.75, 3.05) is 7.11 Å². The van der Waals surface area contributed by atoms with Gasteiger partial charge in [-0.3, -0.25) is 0 Å². The molecule has 0 saturated carbocycles. The second-order valence-electron chi connectivity index (χ2n) is 5.07. The van der Waals surface area contributed by atoms with Crippen LogP contribution in [0, 0.1) is 0 Å². The maximum atomic E-state index is 6.08. The van der Waals surface area contributed by atoms with Gasteiger partial charge in [-0.2, -0.15) is 0 Å². The number of hydrogen-bond donors (Lipinski definition) is 1. The van der Waals surface area contributed by atoms with Gasteiger partial charge in [0.2, 0.25) is 0 Å². The predicted molar refractivity (Wildman–Crippen MR) is 80.0 cm³/mol. The molecule has 1 aromatic rings. The summed E-state index contributed by atoms with van der Waals surface area (Å²) in [7, 11) is 1.69. The van der Waals surface area contributed by atoms with Crippen molar-refractivity contribution in [2.24, 2.45) is 0 Å². The fraction of sp³-hybridized carbons (Fsp3) is 0.625. The Bertz CT molecular complexity index is 373. The SMILES string of the molecule is CCC(CC)Oc1ccc(OC)cc1CNC(C)C. The Balaban J connectivity index is 2.87. The van der Waals surface area contributed by atoms with E-state index in [0.717, 1.165) is 36.4 Å². The molecule has 0 bridgehead atoms. The molecular formula is C16H27NO2. The highest BCUT2D eigenvalue weighted by Gasteiger charge is 2.11. The number of methoxy groups -OCH3 is 1. The number of benzene rings is 1. The number of ether oxygens (including phenoxy) is 2. The van der Waals surface area contributed by atoms with Gasteiger partial charge in [-0.05, 0) is 31.0 Å². The van der Waals surface area contributed by atoms with Crippen LogP contribution in [0.15, 0.2) is 18.2 Å². The molecule has 0 aliphatic carbocycles. The van der Waals surface area contributed by atoms with E-state index in [1.807, 2.05) is 18.2 Å². The summed E-state index contributed by atoms with van der Waals surface area (Å²) in [6, 6.07) is 6.46. The minimum atomic E-state index is 0.284. The summed E-state index contributed by atoms with van der Waals surface area (Å²) >= 11 is 0. The molecule has 0 aromatic heterocycles. The van der Waals surface area contributed by atoms with Gasteiger partial charge in [-0.15, -0.1) is 0 Å². The van der Waals surface area contributed by atoms with Crippen LogP contribution < -0.4 is 14.8 Å². The zero-order valence-electron chi connectivity index (χ0n) is 12.8. The summed E-state index contributed by atoms with van der Waals surface area (Å²) in [5.74, 6) is 1.83. The molecule has 0 fully saturated rings. The van der Waals surface area contributed by atoms with Crippen molar-refractivity contribution in [3.63, 3.8) is 0 Å². The standard InChI is InChI=1S/C16H27NO2/c1-6-14(7-2)19-16-9-8-15(18-5)10-13(16)11-17-12(3)4/h8-10,12,14,17H,6-7,11H2,1-5H3. The summed E-state index contributed by atoms with van der Waals surface area (Å²) in [6.45, 7) is 9.39. The van der Waals surface area contributed by atoms with Crippen molar-refractivity contribution in [1.29, 1.82) is 0 Å². The van der Waals surface area contributed by atoms with Crippen molar-refractivity contribution < 1.29 is 9.47 Å². The van der Waals surface area contributed by atoms with Gasteiger partial charge in [-0.1, -0.05) is 27.7 Å². The first-order valence-electron chi connectivity index (χ1n) is 7.17. The van der Waals surface area contributed by atoms with Gasteiger partial charge < -0.3 is 14.8 Å². The van der Waals surface area contributed by atoms with Crippen LogP contribution in [0.5, 0.6) is 11.5 Å². The molecule has 0 aliphatic rings. The van der Waals surface area contributed by atoms with Gasteiger partial charge in [0.05, 0.1) is 13.2 Å². The van der Waals surface area contributed by atoms with E-state index in [2.05, 4.69) is 33.0 Å². The summed E-state index contributed by atoms with van der Waals surface area (Å²) in [6.07, 6.45) is 2.34. The largest absolute Gasteiger partial charge is 0.497 e. The van der Waals surface area contributed by atoms with Crippen LogP contribution in [-0.4, -0.2) is 19.3 Å². The van der Waals surface area contributed by atoms with Crippen molar-refractivity contribution in [3.05, 3.63) is 23.8 Å². The maximum Gasteiger partial charge on any atom is 0.124 e. The Hall–Kier alpha value is -1.22. The highest BCUT2D eigenvalue weighted by Crippen LogP contribution is 2.26. The highest BCUT2D eigenvalue weighted by molar-refractivity contribution is 5.40. The first-order valence-corrected chi connectivity index (χ1v) is 7.17. The minimum Gasteiger partial charge on any atom is -0.497 e. The lowest BCUT2D eigenvalue weighted by atomic mass is 10.1. The molecule has 108 valence electrons. The summed E-state index contributed by atoms with van der Waals surface area (Å²) in [5.41, 5.74) is 1.15. The zero-order valence-corrected chi connectivity index (χ0v) is 12.8. The molecule has 19 heavy (non-hydrogen) atoms. The first-order chi connectivity index (χ1) is 9.10. The predicted octanol–water partition coefficient (Wildman–Crippen LogP) is 3.76. The van der Waals surface area contributed by atoms with E-state index in [9.17, 15) is 0 Å². The van der Waals surface area contributed by atoms with Crippen LogP contribution in [-0.2, 0) is 6.54 Å². The topological polar surface area (TPSA) is 30.5 Å². The molecule has 1 rings (SSSR count). The van der Waals surface area contributed by atoms with Gasteiger partial charge in [0.1, 0.15) is 11.5 Å². The molecule has 0 unspecified atom stereocenters. The second-order valence-corrected chi connectivity index (χ2v) is 5.07. The molecule has 1 N–H and O–H groups in total. The third-order valence-electron chi connectivity index (χ3n) is 3.17. The Morgan fingerprint density at radius 3 is 2.37 bits per heavy atom. The van der Waals surface area contributed by atoms with Crippen LogP contribution in [0.2, 0.25) is 0 Å². The monoisotopic (exact) mass is 265 g/mol. The maximum absolute atomic E-state index is 6.08. The molecular weight excluding hydrogens is 238 g/mol. The minimum absolute atomic E-state index is 0.284. The van der Waals surface area contributed by atoms with Gasteiger partial charge >= 0.3 is 0 Å². The lowest BCUT2D eigenvalue weighted by Crippen LogP contribution is -2.23. The van der Waals surface area contributed by atoms with Gasteiger partial charge in [0.15, 0.2) is 0 Å². The average molecular weight is 265 g/mol. The van der Waals surface area contributed by atoms with Crippen LogP contribution in [0.4, 0.5) is 0 Å². The average Bonchev–Trinajstić information content (AvgIpc) is 2.42. The Morgan fingerprint density at radius 1 is 1.16 bits per heavy atom. The van der Waals surface area contributed by atoms with Crippen LogP contribution in [0.25, 0.3) is 0 Å². The van der Waals surface area contributed by atoms with E-state index in [1.165, 1.54) is 0 Å². The Kier molecular flexibility index (Phi) is 6.71. The van der Waals surface area contributed by atoms with Gasteiger partial charge in [0, 0.05) is 18.2 Å². The first kappa shape index (κ1) is 15.8. The summed E-state index contributed by atoms with van der Waals surface area (Å²) in [5, 5.41) is 3.43. The molecule has 3 heteroatoms. The molecule has 0 heterocycles. The van der Waals surface area contributed by atoms with Crippen LogP contribution >= 0.6 is 0 Å². The van der Waals surface area contributed by atoms with Crippen molar-refractivity contribution in [3.8, 4) is 11.5 Å². The van der Waals surface area contributed by atoms with Crippen molar-refractivity contribution in [2.45, 2.75) is 59.2 Å². The van der Waals surface area contributed by atoms with Crippen molar-refractivity contribution >= 4 is 0 Å². The normalized spacial score (nSPS) is 11.1. The summed E-state index contributed by atoms with van der Waals surface area (Å²) < 4.78 is 11.4. The van der Waals surface area contributed by atoms with Crippen LogP contribution in [0.1, 0.15) is 46.1 Å². The molecule has 0 spiro atoms. The third-order valence-corrected chi connectivity index (χ3v) is 3.17. The molecule has 0 amide bonds. The molecule has 0 radical (unpaired) electrons. The smallest absolute Gasteiger partial charge is 0.124 e. The lowest BCUT2D eigenvalue weighted by Gasteiger charge is -2.20. The molecule has 1 aromatic carbocycles. The van der Waals surface area contributed by atoms with Gasteiger partial charge in [0.25, 0.3) is 0 Å². The van der Waals surface area contributed by atoms with Crippen LogP contribution in [0.3, 0.4) is 0 Å². The van der Waals surface area contributed by atoms with E-state index < -0.39 is 0 Å². The fourth-order valence-electron chi connectivity index (χ4n) is 1.88. The van der Waals surface area contributed by atoms with Crippen molar-refractivity contribution in [1.82, 2.24) is 5.32 Å². The Labute approximate surface area is 117 Å². The summed E-state index contributed by atoms with van der Waals surface area (Å²) in [4.78, 5) is 0. The van der Waals surface area contributed by atoms with E-state index in [-0.39, 0.29) is 6.10 Å². The number of rotatable bonds is 8. The molecule has 3 nitrogen and oxygen atoms in total. The molecule has 0 aliphatic heterocycles. The molecule has 0 saturated heterocycles. The third kappa shape index (κ3) is 5.11. The van der Waals surface area contributed by atoms with Gasteiger partial charge in [-0.25, -0.2) is 0 Å². The number of nitrogens with one attached hydrogen (secondary N) is 1. The van der Waals surface area contributed by atoms with E-state index >= 15 is 0 Å². The van der Waals surface area contributed by atoms with E-state index in [1.54, 1.807) is 7.11 Å². The van der Waals surface area contributed by atoms with E-state index in [4.69, 9.17) is 9.47 Å². The van der Waals surface area contributed by atoms with E-state index in [0.29, 0.717) is 6.04 Å². The zero-order chi connectivity index (χ0) is 14.3.